The smallest absolute Gasteiger partial charge is 0.134 e. The van der Waals surface area contributed by atoms with Crippen molar-refractivity contribution in [3.63, 3.8) is 0 Å². The SMILES string of the molecule is [O]Cc1ccccc1-c1ccco1. The molecular formula is C11H9O2. The molecule has 0 N–H and O–H groups in total. The molecule has 1 aromatic heterocycles. The Bertz CT molecular complexity index is 377. The lowest BCUT2D eigenvalue weighted by Crippen LogP contribution is -1.85. The summed E-state index contributed by atoms with van der Waals surface area (Å²) in [6.07, 6.45) is 1.61. The fraction of sp³-hybridized carbons (Fsp3) is 0.0909. The third-order valence-electron chi connectivity index (χ3n) is 1.96. The molecule has 13 heavy (non-hydrogen) atoms. The van der Waals surface area contributed by atoms with E-state index in [2.05, 4.69) is 0 Å². The van der Waals surface area contributed by atoms with Gasteiger partial charge in [0, 0.05) is 5.56 Å². The van der Waals surface area contributed by atoms with Crippen LogP contribution >= 0.6 is 0 Å². The van der Waals surface area contributed by atoms with Crippen molar-refractivity contribution in [1.82, 2.24) is 0 Å². The average molecular weight is 173 g/mol. The lowest BCUT2D eigenvalue weighted by atomic mass is 10.1. The van der Waals surface area contributed by atoms with Gasteiger partial charge in [-0.15, -0.1) is 0 Å². The van der Waals surface area contributed by atoms with E-state index >= 15 is 0 Å². The molecule has 2 heteroatoms. The van der Waals surface area contributed by atoms with Crippen molar-refractivity contribution < 1.29 is 9.52 Å². The van der Waals surface area contributed by atoms with E-state index in [0.29, 0.717) is 0 Å². The second-order valence-corrected chi connectivity index (χ2v) is 2.78. The van der Waals surface area contributed by atoms with Crippen molar-refractivity contribution in [1.29, 1.82) is 0 Å². The van der Waals surface area contributed by atoms with Crippen molar-refractivity contribution >= 4 is 0 Å². The van der Waals surface area contributed by atoms with Gasteiger partial charge in [-0.3, -0.25) is 0 Å². The second kappa shape index (κ2) is 3.46. The molecule has 1 heterocycles. The summed E-state index contributed by atoms with van der Waals surface area (Å²) in [5.41, 5.74) is 1.67. The third-order valence-corrected chi connectivity index (χ3v) is 1.96. The van der Waals surface area contributed by atoms with Gasteiger partial charge in [-0.05, 0) is 17.7 Å². The Balaban J connectivity index is 2.51. The van der Waals surface area contributed by atoms with E-state index in [4.69, 9.17) is 4.42 Å². The van der Waals surface area contributed by atoms with Crippen molar-refractivity contribution in [2.75, 3.05) is 0 Å². The Morgan fingerprint density at radius 1 is 1.08 bits per heavy atom. The topological polar surface area (TPSA) is 33.0 Å². The van der Waals surface area contributed by atoms with E-state index in [1.165, 1.54) is 0 Å². The van der Waals surface area contributed by atoms with Crippen molar-refractivity contribution in [3.8, 4) is 11.3 Å². The molecule has 0 atom stereocenters. The summed E-state index contributed by atoms with van der Waals surface area (Å²) >= 11 is 0. The molecule has 0 aliphatic carbocycles. The van der Waals surface area contributed by atoms with Crippen molar-refractivity contribution in [2.45, 2.75) is 6.61 Å². The lowest BCUT2D eigenvalue weighted by molar-refractivity contribution is 0.178. The van der Waals surface area contributed by atoms with Gasteiger partial charge >= 0.3 is 0 Å². The molecular weight excluding hydrogens is 164 g/mol. The maximum absolute atomic E-state index is 10.8. The van der Waals surface area contributed by atoms with E-state index < -0.39 is 0 Å². The zero-order chi connectivity index (χ0) is 9.10. The van der Waals surface area contributed by atoms with E-state index in [9.17, 15) is 5.11 Å². The summed E-state index contributed by atoms with van der Waals surface area (Å²) in [4.78, 5) is 0. The van der Waals surface area contributed by atoms with Crippen molar-refractivity contribution in [3.05, 3.63) is 48.2 Å². The molecule has 2 nitrogen and oxygen atoms in total. The predicted molar refractivity (Wildman–Crippen MR) is 48.5 cm³/mol. The Kier molecular flexibility index (Phi) is 2.15. The highest BCUT2D eigenvalue weighted by atomic mass is 16.3. The fourth-order valence-electron chi connectivity index (χ4n) is 1.32. The molecule has 0 saturated carbocycles. The summed E-state index contributed by atoms with van der Waals surface area (Å²) < 4.78 is 5.22. The van der Waals surface area contributed by atoms with E-state index in [0.717, 1.165) is 16.9 Å². The normalized spacial score (nSPS) is 10.2. The second-order valence-electron chi connectivity index (χ2n) is 2.78. The standard InChI is InChI=1S/C11H9O2/c12-8-9-4-1-2-5-10(9)11-6-3-7-13-11/h1-7H,8H2. The van der Waals surface area contributed by atoms with Gasteiger partial charge < -0.3 is 4.42 Å². The summed E-state index contributed by atoms with van der Waals surface area (Å²) in [5.74, 6) is 0.756. The van der Waals surface area contributed by atoms with Gasteiger partial charge in [-0.25, -0.2) is 5.11 Å². The van der Waals surface area contributed by atoms with E-state index in [-0.39, 0.29) is 6.61 Å². The number of rotatable bonds is 2. The maximum atomic E-state index is 10.8. The van der Waals surface area contributed by atoms with Crippen LogP contribution in [0.25, 0.3) is 11.3 Å². The van der Waals surface area contributed by atoms with Crippen LogP contribution in [0.5, 0.6) is 0 Å². The highest BCUT2D eigenvalue weighted by molar-refractivity contribution is 5.61. The third kappa shape index (κ3) is 1.48. The molecule has 0 fully saturated rings. The van der Waals surface area contributed by atoms with Crippen LogP contribution in [0.3, 0.4) is 0 Å². The molecule has 0 saturated heterocycles. The molecule has 0 unspecified atom stereocenters. The molecule has 2 rings (SSSR count). The summed E-state index contributed by atoms with van der Waals surface area (Å²) in [7, 11) is 0. The molecule has 0 spiro atoms. The Morgan fingerprint density at radius 3 is 2.62 bits per heavy atom. The van der Waals surface area contributed by atoms with Crippen LogP contribution in [0.2, 0.25) is 0 Å². The first-order valence-corrected chi connectivity index (χ1v) is 4.11. The largest absolute Gasteiger partial charge is 0.464 e. The number of hydrogen-bond acceptors (Lipinski definition) is 1. The number of hydrogen-bond donors (Lipinski definition) is 0. The molecule has 1 radical (unpaired) electrons. The summed E-state index contributed by atoms with van der Waals surface area (Å²) in [6, 6.07) is 11.2. The summed E-state index contributed by atoms with van der Waals surface area (Å²) in [6.45, 7) is -0.211. The van der Waals surface area contributed by atoms with E-state index in [1.54, 1.807) is 6.26 Å². The lowest BCUT2D eigenvalue weighted by Gasteiger charge is -2.01. The first-order chi connectivity index (χ1) is 6.42. The number of furan rings is 1. The molecule has 0 aliphatic rings. The molecule has 0 amide bonds. The quantitative estimate of drug-likeness (QED) is 0.687. The monoisotopic (exact) mass is 173 g/mol. The highest BCUT2D eigenvalue weighted by Gasteiger charge is 2.05. The molecule has 65 valence electrons. The highest BCUT2D eigenvalue weighted by Crippen LogP contribution is 2.23. The van der Waals surface area contributed by atoms with Crippen LogP contribution in [0.15, 0.2) is 47.1 Å². The maximum Gasteiger partial charge on any atom is 0.134 e. The zero-order valence-electron chi connectivity index (χ0n) is 7.07. The van der Waals surface area contributed by atoms with Crippen LogP contribution in [0, 0.1) is 0 Å². The van der Waals surface area contributed by atoms with Crippen LogP contribution in [-0.2, 0) is 11.7 Å². The average Bonchev–Trinajstić information content (AvgIpc) is 2.70. The van der Waals surface area contributed by atoms with Gasteiger partial charge in [-0.1, -0.05) is 24.3 Å². The van der Waals surface area contributed by atoms with Crippen LogP contribution in [0.1, 0.15) is 5.56 Å². The predicted octanol–water partition coefficient (Wildman–Crippen LogP) is 2.88. The Morgan fingerprint density at radius 2 is 1.92 bits per heavy atom. The Labute approximate surface area is 76.4 Å². The zero-order valence-corrected chi connectivity index (χ0v) is 7.07. The first-order valence-electron chi connectivity index (χ1n) is 4.11. The van der Waals surface area contributed by atoms with Crippen molar-refractivity contribution in [2.24, 2.45) is 0 Å². The van der Waals surface area contributed by atoms with E-state index in [1.807, 2.05) is 36.4 Å². The number of benzene rings is 1. The van der Waals surface area contributed by atoms with Gasteiger partial charge in [0.05, 0.1) is 6.26 Å². The van der Waals surface area contributed by atoms with Crippen LogP contribution < -0.4 is 0 Å². The molecule has 2 aromatic rings. The van der Waals surface area contributed by atoms with Gasteiger partial charge in [0.15, 0.2) is 0 Å². The first kappa shape index (κ1) is 8.08. The minimum absolute atomic E-state index is 0.211. The fourth-order valence-corrected chi connectivity index (χ4v) is 1.32. The minimum Gasteiger partial charge on any atom is -0.464 e. The molecule has 0 aliphatic heterocycles. The Hall–Kier alpha value is -1.54. The van der Waals surface area contributed by atoms with Gasteiger partial charge in [0.1, 0.15) is 12.4 Å². The molecule has 1 aromatic carbocycles. The van der Waals surface area contributed by atoms with Gasteiger partial charge in [0.2, 0.25) is 0 Å². The van der Waals surface area contributed by atoms with Gasteiger partial charge in [-0.2, -0.15) is 0 Å². The van der Waals surface area contributed by atoms with Gasteiger partial charge in [0.25, 0.3) is 0 Å². The van der Waals surface area contributed by atoms with Crippen LogP contribution in [0.4, 0.5) is 0 Å². The van der Waals surface area contributed by atoms with Crippen LogP contribution in [-0.4, -0.2) is 0 Å². The molecule has 0 bridgehead atoms. The summed E-state index contributed by atoms with van der Waals surface area (Å²) in [5, 5.41) is 10.8. The minimum atomic E-state index is -0.211.